The number of carbonyl (C=O) groups excluding carboxylic acids is 1. The molecule has 0 aliphatic carbocycles. The average molecular weight is 257 g/mol. The Morgan fingerprint density at radius 1 is 1.62 bits per heavy atom. The van der Waals surface area contributed by atoms with E-state index < -0.39 is 0 Å². The number of thioether (sulfide) groups is 1. The van der Waals surface area contributed by atoms with Gasteiger partial charge in [-0.3, -0.25) is 4.79 Å². The fraction of sp³-hybridized carbons (Fsp3) is 0.545. The minimum atomic E-state index is 0.145. The minimum absolute atomic E-state index is 0.145. The van der Waals surface area contributed by atoms with E-state index in [0.717, 1.165) is 19.5 Å². The number of hydrogen-bond acceptors (Lipinski definition) is 4. The molecule has 0 unspecified atom stereocenters. The van der Waals surface area contributed by atoms with Gasteiger partial charge >= 0.3 is 0 Å². The van der Waals surface area contributed by atoms with Crippen molar-refractivity contribution in [1.29, 1.82) is 0 Å². The molecule has 0 saturated carbocycles. The van der Waals surface area contributed by atoms with Gasteiger partial charge in [0.05, 0.1) is 12.4 Å². The van der Waals surface area contributed by atoms with Gasteiger partial charge < -0.3 is 10.0 Å². The maximum atomic E-state index is 11.8. The first-order chi connectivity index (χ1) is 7.81. The first-order valence-electron chi connectivity index (χ1n) is 5.33. The summed E-state index contributed by atoms with van der Waals surface area (Å²) in [5, 5.41) is 10.7. The van der Waals surface area contributed by atoms with Gasteiger partial charge in [0.25, 0.3) is 0 Å². The molecule has 2 heterocycles. The molecule has 1 aromatic heterocycles. The lowest BCUT2D eigenvalue weighted by Crippen LogP contribution is -2.36. The lowest BCUT2D eigenvalue weighted by molar-refractivity contribution is -0.129. The van der Waals surface area contributed by atoms with E-state index in [1.54, 1.807) is 11.3 Å². The van der Waals surface area contributed by atoms with Crippen LogP contribution in [0.4, 0.5) is 0 Å². The molecule has 1 aromatic rings. The normalized spacial score (nSPS) is 14.9. The Labute approximate surface area is 103 Å². The number of hydrogen-bond donors (Lipinski definition) is 1. The summed E-state index contributed by atoms with van der Waals surface area (Å²) in [5.74, 6) is 1.32. The van der Waals surface area contributed by atoms with Crippen molar-refractivity contribution in [3.05, 3.63) is 21.9 Å². The zero-order chi connectivity index (χ0) is 11.4. The van der Waals surface area contributed by atoms with Gasteiger partial charge in [-0.05, 0) is 23.4 Å². The predicted molar refractivity (Wildman–Crippen MR) is 67.9 cm³/mol. The average Bonchev–Trinajstić information content (AvgIpc) is 2.76. The van der Waals surface area contributed by atoms with E-state index in [0.29, 0.717) is 11.5 Å². The summed E-state index contributed by atoms with van der Waals surface area (Å²) in [4.78, 5) is 15.2. The summed E-state index contributed by atoms with van der Waals surface area (Å²) in [6.07, 6.45) is 0.989. The van der Waals surface area contributed by atoms with Crippen LogP contribution in [0, 0.1) is 0 Å². The number of amides is 1. The van der Waals surface area contributed by atoms with Crippen molar-refractivity contribution < 1.29 is 9.90 Å². The van der Waals surface area contributed by atoms with Gasteiger partial charge in [0, 0.05) is 23.7 Å². The molecule has 0 radical (unpaired) electrons. The van der Waals surface area contributed by atoms with Crippen molar-refractivity contribution in [1.82, 2.24) is 4.90 Å². The van der Waals surface area contributed by atoms with Crippen molar-refractivity contribution in [2.45, 2.75) is 13.0 Å². The second-order valence-corrected chi connectivity index (χ2v) is 5.82. The maximum Gasteiger partial charge on any atom is 0.232 e. The number of rotatable bonds is 4. The van der Waals surface area contributed by atoms with Crippen molar-refractivity contribution in [2.75, 3.05) is 24.7 Å². The highest BCUT2D eigenvalue weighted by molar-refractivity contribution is 7.99. The Balaban J connectivity index is 1.86. The van der Waals surface area contributed by atoms with Crippen molar-refractivity contribution >= 4 is 29.0 Å². The van der Waals surface area contributed by atoms with E-state index in [1.165, 1.54) is 22.2 Å². The van der Waals surface area contributed by atoms with E-state index in [9.17, 15) is 4.79 Å². The van der Waals surface area contributed by atoms with E-state index in [4.69, 9.17) is 5.11 Å². The fourth-order valence-electron chi connectivity index (χ4n) is 1.78. The number of thiophene rings is 1. The predicted octanol–water partition coefficient (Wildman–Crippen LogP) is 1.36. The quantitative estimate of drug-likeness (QED) is 0.828. The van der Waals surface area contributed by atoms with Gasteiger partial charge in [0.1, 0.15) is 0 Å². The van der Waals surface area contributed by atoms with Crippen LogP contribution in [0.15, 0.2) is 11.4 Å². The third-order valence-corrected chi connectivity index (χ3v) is 4.57. The van der Waals surface area contributed by atoms with Crippen LogP contribution in [-0.2, 0) is 17.8 Å². The molecule has 2 rings (SSSR count). The second kappa shape index (κ2) is 5.70. The zero-order valence-corrected chi connectivity index (χ0v) is 10.6. The lowest BCUT2D eigenvalue weighted by atomic mass is 10.1. The molecule has 0 spiro atoms. The van der Waals surface area contributed by atoms with Crippen LogP contribution in [0.2, 0.25) is 0 Å². The largest absolute Gasteiger partial charge is 0.396 e. The molecule has 1 amide bonds. The highest BCUT2D eigenvalue weighted by atomic mass is 32.2. The molecular formula is C11H15NO2S2. The highest BCUT2D eigenvalue weighted by Crippen LogP contribution is 2.24. The molecule has 3 nitrogen and oxygen atoms in total. The van der Waals surface area contributed by atoms with Gasteiger partial charge in [0.2, 0.25) is 5.91 Å². The number of aliphatic hydroxyl groups is 1. The number of nitrogens with zero attached hydrogens (tertiary/aromatic N) is 1. The number of aliphatic hydroxyl groups excluding tert-OH is 1. The fourth-order valence-corrected chi connectivity index (χ4v) is 3.30. The molecule has 0 bridgehead atoms. The summed E-state index contributed by atoms with van der Waals surface area (Å²) >= 11 is 3.28. The van der Waals surface area contributed by atoms with Crippen LogP contribution in [0.25, 0.3) is 0 Å². The van der Waals surface area contributed by atoms with Crippen LogP contribution in [-0.4, -0.2) is 40.6 Å². The van der Waals surface area contributed by atoms with Gasteiger partial charge in [-0.25, -0.2) is 0 Å². The minimum Gasteiger partial charge on any atom is -0.396 e. The molecule has 0 aromatic carbocycles. The summed E-state index contributed by atoms with van der Waals surface area (Å²) < 4.78 is 0. The Kier molecular flexibility index (Phi) is 4.26. The Morgan fingerprint density at radius 2 is 2.50 bits per heavy atom. The Hall–Kier alpha value is -0.520. The third-order valence-electron chi connectivity index (χ3n) is 2.62. The molecule has 1 aliphatic heterocycles. The molecule has 1 aliphatic rings. The summed E-state index contributed by atoms with van der Waals surface area (Å²) in [6, 6.07) is 2.11. The number of fused-ring (bicyclic) bond motifs is 1. The van der Waals surface area contributed by atoms with Crippen molar-refractivity contribution in [2.24, 2.45) is 0 Å². The molecular weight excluding hydrogens is 242 g/mol. The van der Waals surface area contributed by atoms with Crippen LogP contribution in [0.5, 0.6) is 0 Å². The van der Waals surface area contributed by atoms with Crippen LogP contribution in [0.1, 0.15) is 10.4 Å². The summed E-state index contributed by atoms with van der Waals surface area (Å²) in [5.41, 5.74) is 1.30. The molecule has 1 N–H and O–H groups in total. The van der Waals surface area contributed by atoms with Crippen LogP contribution in [0.3, 0.4) is 0 Å². The summed E-state index contributed by atoms with van der Waals surface area (Å²) in [7, 11) is 0. The van der Waals surface area contributed by atoms with Gasteiger partial charge in [-0.1, -0.05) is 0 Å². The Bertz CT molecular complexity index is 365. The van der Waals surface area contributed by atoms with Gasteiger partial charge in [-0.15, -0.1) is 23.1 Å². The Morgan fingerprint density at radius 3 is 3.31 bits per heavy atom. The summed E-state index contributed by atoms with van der Waals surface area (Å²) in [6.45, 7) is 1.75. The van der Waals surface area contributed by atoms with Crippen LogP contribution >= 0.6 is 23.1 Å². The monoisotopic (exact) mass is 257 g/mol. The first-order valence-corrected chi connectivity index (χ1v) is 7.36. The third kappa shape index (κ3) is 2.78. The molecule has 0 fully saturated rings. The van der Waals surface area contributed by atoms with E-state index in [1.807, 2.05) is 4.90 Å². The smallest absolute Gasteiger partial charge is 0.232 e. The molecule has 88 valence electrons. The van der Waals surface area contributed by atoms with Crippen LogP contribution < -0.4 is 0 Å². The molecule has 5 heteroatoms. The molecule has 0 atom stereocenters. The second-order valence-electron chi connectivity index (χ2n) is 3.71. The first kappa shape index (κ1) is 12.0. The van der Waals surface area contributed by atoms with Gasteiger partial charge in [0.15, 0.2) is 0 Å². The lowest BCUT2D eigenvalue weighted by Gasteiger charge is -2.26. The van der Waals surface area contributed by atoms with E-state index >= 15 is 0 Å². The molecule has 16 heavy (non-hydrogen) atoms. The maximum absolute atomic E-state index is 11.8. The highest BCUT2D eigenvalue weighted by Gasteiger charge is 2.20. The van der Waals surface area contributed by atoms with E-state index in [2.05, 4.69) is 11.4 Å². The SMILES string of the molecule is O=C(CSCCO)N1CCc2sccc2C1. The molecule has 0 saturated heterocycles. The van der Waals surface area contributed by atoms with Gasteiger partial charge in [-0.2, -0.15) is 0 Å². The van der Waals surface area contributed by atoms with E-state index in [-0.39, 0.29) is 12.5 Å². The number of carbonyl (C=O) groups is 1. The van der Waals surface area contributed by atoms with Crippen molar-refractivity contribution in [3.63, 3.8) is 0 Å². The standard InChI is InChI=1S/C11H15NO2S2/c13-4-6-15-8-11(14)12-3-1-10-9(7-12)2-5-16-10/h2,5,13H,1,3-4,6-8H2. The zero-order valence-electron chi connectivity index (χ0n) is 9.02. The van der Waals surface area contributed by atoms with Crippen molar-refractivity contribution in [3.8, 4) is 0 Å². The topological polar surface area (TPSA) is 40.5 Å².